The van der Waals surface area contributed by atoms with Crippen molar-refractivity contribution in [2.75, 3.05) is 18.2 Å². The van der Waals surface area contributed by atoms with Gasteiger partial charge < -0.3 is 4.74 Å². The summed E-state index contributed by atoms with van der Waals surface area (Å²) in [4.78, 5) is 22.1. The summed E-state index contributed by atoms with van der Waals surface area (Å²) in [7, 11) is 1.73. The topological polar surface area (TPSA) is 55.3 Å². The number of nitrogens with zero attached hydrogens (tertiary/aromatic N) is 3. The quantitative estimate of drug-likeness (QED) is 0.592. The molecule has 0 N–H and O–H groups in total. The third-order valence-corrected chi connectivity index (χ3v) is 3.34. The van der Waals surface area contributed by atoms with Crippen molar-refractivity contribution in [3.8, 4) is 5.75 Å². The van der Waals surface area contributed by atoms with E-state index in [0.29, 0.717) is 23.8 Å². The first kappa shape index (κ1) is 12.2. The Kier molecular flexibility index (Phi) is 3.24. The largest absolute Gasteiger partial charge is 0.474 e. The minimum Gasteiger partial charge on any atom is -0.474 e. The van der Waals surface area contributed by atoms with E-state index in [0.717, 1.165) is 5.03 Å². The van der Waals surface area contributed by atoms with Crippen LogP contribution >= 0.6 is 11.8 Å². The van der Waals surface area contributed by atoms with Gasteiger partial charge in [-0.05, 0) is 19.6 Å². The average molecular weight is 253 g/mol. The van der Waals surface area contributed by atoms with Crippen LogP contribution in [-0.2, 0) is 4.79 Å². The molecular formula is C11H15N3O2S. The normalized spacial score (nSPS) is 18.9. The first-order valence-corrected chi connectivity index (χ1v) is 6.67. The molecule has 0 spiro atoms. The minimum atomic E-state index is -0.426. The molecule has 1 aromatic rings. The van der Waals surface area contributed by atoms with Gasteiger partial charge in [-0.1, -0.05) is 6.92 Å². The molecule has 6 heteroatoms. The van der Waals surface area contributed by atoms with Gasteiger partial charge in [-0.3, -0.25) is 9.69 Å². The van der Waals surface area contributed by atoms with Crippen LogP contribution in [0.1, 0.15) is 19.2 Å². The first-order valence-electron chi connectivity index (χ1n) is 5.45. The zero-order chi connectivity index (χ0) is 12.6. The number of carbonyl (C=O) groups is 1. The smallest absolute Gasteiger partial charge is 0.269 e. The van der Waals surface area contributed by atoms with Crippen LogP contribution in [0.3, 0.4) is 0 Å². The molecule has 2 heterocycles. The van der Waals surface area contributed by atoms with Gasteiger partial charge in [0.25, 0.3) is 5.91 Å². The molecule has 5 nitrogen and oxygen atoms in total. The Morgan fingerprint density at radius 3 is 2.76 bits per heavy atom. The lowest BCUT2D eigenvalue weighted by Crippen LogP contribution is -2.44. The molecule has 1 aliphatic heterocycles. The summed E-state index contributed by atoms with van der Waals surface area (Å²) in [6.45, 7) is 3.74. The third kappa shape index (κ3) is 1.97. The highest BCUT2D eigenvalue weighted by Gasteiger charge is 2.34. The molecular weight excluding hydrogens is 238 g/mol. The van der Waals surface area contributed by atoms with Crippen molar-refractivity contribution in [2.45, 2.75) is 31.4 Å². The molecule has 1 aliphatic rings. The molecule has 1 aromatic heterocycles. The Labute approximate surface area is 105 Å². The van der Waals surface area contributed by atoms with E-state index in [9.17, 15) is 4.79 Å². The van der Waals surface area contributed by atoms with Crippen LogP contribution in [0.2, 0.25) is 0 Å². The van der Waals surface area contributed by atoms with Gasteiger partial charge in [0.1, 0.15) is 10.9 Å². The molecule has 0 unspecified atom stereocenters. The SMILES string of the molecule is CC[C@@H]1Oc2c(SC)nc(C)nc2N(C)C1=O. The third-order valence-electron chi connectivity index (χ3n) is 2.68. The van der Waals surface area contributed by atoms with E-state index in [1.165, 1.54) is 11.8 Å². The molecule has 0 radical (unpaired) electrons. The molecule has 0 aliphatic carbocycles. The predicted molar refractivity (Wildman–Crippen MR) is 66.7 cm³/mol. The van der Waals surface area contributed by atoms with E-state index in [1.807, 2.05) is 20.1 Å². The van der Waals surface area contributed by atoms with Crippen LogP contribution in [-0.4, -0.2) is 35.3 Å². The van der Waals surface area contributed by atoms with Crippen molar-refractivity contribution in [1.82, 2.24) is 9.97 Å². The van der Waals surface area contributed by atoms with Crippen LogP contribution in [0.25, 0.3) is 0 Å². The van der Waals surface area contributed by atoms with Crippen molar-refractivity contribution in [1.29, 1.82) is 0 Å². The maximum atomic E-state index is 12.0. The second-order valence-electron chi connectivity index (χ2n) is 3.84. The lowest BCUT2D eigenvalue weighted by molar-refractivity contribution is -0.126. The van der Waals surface area contributed by atoms with E-state index in [2.05, 4.69) is 9.97 Å². The predicted octanol–water partition coefficient (Wildman–Crippen LogP) is 1.64. The summed E-state index contributed by atoms with van der Waals surface area (Å²) in [6.07, 6.45) is 2.15. The second-order valence-corrected chi connectivity index (χ2v) is 4.64. The van der Waals surface area contributed by atoms with E-state index in [-0.39, 0.29) is 5.91 Å². The van der Waals surface area contributed by atoms with Crippen LogP contribution in [0.15, 0.2) is 5.03 Å². The number of likely N-dealkylation sites (N-methyl/N-ethyl adjacent to an activating group) is 1. The Balaban J connectivity index is 2.55. The Morgan fingerprint density at radius 1 is 1.47 bits per heavy atom. The zero-order valence-electron chi connectivity index (χ0n) is 10.4. The van der Waals surface area contributed by atoms with Crippen molar-refractivity contribution in [2.24, 2.45) is 0 Å². The number of amides is 1. The van der Waals surface area contributed by atoms with Gasteiger partial charge in [-0.25, -0.2) is 9.97 Å². The van der Waals surface area contributed by atoms with Gasteiger partial charge in [0.15, 0.2) is 17.7 Å². The van der Waals surface area contributed by atoms with Gasteiger partial charge in [0, 0.05) is 7.05 Å². The number of thioether (sulfide) groups is 1. The minimum absolute atomic E-state index is 0.0508. The highest BCUT2D eigenvalue weighted by Crippen LogP contribution is 2.38. The van der Waals surface area contributed by atoms with Gasteiger partial charge in [0.2, 0.25) is 0 Å². The Bertz CT molecular complexity index is 464. The van der Waals surface area contributed by atoms with Crippen molar-refractivity contribution in [3.05, 3.63) is 5.82 Å². The van der Waals surface area contributed by atoms with Gasteiger partial charge >= 0.3 is 0 Å². The fraction of sp³-hybridized carbons (Fsp3) is 0.545. The molecule has 0 saturated heterocycles. The maximum absolute atomic E-state index is 12.0. The summed E-state index contributed by atoms with van der Waals surface area (Å²) in [5, 5.41) is 0.783. The second kappa shape index (κ2) is 4.52. The molecule has 0 fully saturated rings. The van der Waals surface area contributed by atoms with Crippen molar-refractivity contribution in [3.63, 3.8) is 0 Å². The monoisotopic (exact) mass is 253 g/mol. The fourth-order valence-corrected chi connectivity index (χ4v) is 2.31. The van der Waals surface area contributed by atoms with Crippen molar-refractivity contribution < 1.29 is 9.53 Å². The van der Waals surface area contributed by atoms with E-state index < -0.39 is 6.10 Å². The van der Waals surface area contributed by atoms with Crippen molar-refractivity contribution >= 4 is 23.5 Å². The highest BCUT2D eigenvalue weighted by molar-refractivity contribution is 7.98. The van der Waals surface area contributed by atoms with E-state index in [1.54, 1.807) is 11.9 Å². The summed E-state index contributed by atoms with van der Waals surface area (Å²) in [5.41, 5.74) is 0. The number of hydrogen-bond acceptors (Lipinski definition) is 5. The highest BCUT2D eigenvalue weighted by atomic mass is 32.2. The number of anilines is 1. The first-order chi connectivity index (χ1) is 8.08. The number of carbonyl (C=O) groups excluding carboxylic acids is 1. The number of hydrogen-bond donors (Lipinski definition) is 0. The average Bonchev–Trinajstić information content (AvgIpc) is 2.33. The number of aryl methyl sites for hydroxylation is 1. The fourth-order valence-electron chi connectivity index (χ4n) is 1.76. The van der Waals surface area contributed by atoms with E-state index >= 15 is 0 Å². The van der Waals surface area contributed by atoms with Crippen LogP contribution < -0.4 is 9.64 Å². The Hall–Kier alpha value is -1.30. The molecule has 0 saturated carbocycles. The molecule has 2 rings (SSSR count). The lowest BCUT2D eigenvalue weighted by atomic mass is 10.2. The summed E-state index contributed by atoms with van der Waals surface area (Å²) >= 11 is 1.50. The van der Waals surface area contributed by atoms with Crippen LogP contribution in [0, 0.1) is 6.92 Å². The standard InChI is InChI=1S/C11H15N3O2S/c1-5-7-11(15)14(3)9-8(16-7)10(17-4)13-6(2)12-9/h7H,5H2,1-4H3/t7-/m0/s1. The maximum Gasteiger partial charge on any atom is 0.269 e. The summed E-state index contributed by atoms with van der Waals surface area (Å²) < 4.78 is 5.70. The van der Waals surface area contributed by atoms with Crippen LogP contribution in [0.5, 0.6) is 5.75 Å². The van der Waals surface area contributed by atoms with E-state index in [4.69, 9.17) is 4.74 Å². The van der Waals surface area contributed by atoms with Crippen LogP contribution in [0.4, 0.5) is 5.82 Å². The number of rotatable bonds is 2. The molecule has 92 valence electrons. The lowest BCUT2D eigenvalue weighted by Gasteiger charge is -2.31. The molecule has 1 amide bonds. The molecule has 17 heavy (non-hydrogen) atoms. The number of ether oxygens (including phenoxy) is 1. The molecule has 0 aromatic carbocycles. The van der Waals surface area contributed by atoms with Gasteiger partial charge in [-0.2, -0.15) is 0 Å². The zero-order valence-corrected chi connectivity index (χ0v) is 11.2. The number of aromatic nitrogens is 2. The summed E-state index contributed by atoms with van der Waals surface area (Å²) in [6, 6.07) is 0. The number of fused-ring (bicyclic) bond motifs is 1. The molecule has 0 bridgehead atoms. The summed E-state index contributed by atoms with van der Waals surface area (Å²) in [5.74, 6) is 1.78. The molecule has 1 atom stereocenters. The Morgan fingerprint density at radius 2 is 2.18 bits per heavy atom. The van der Waals surface area contributed by atoms with Gasteiger partial charge in [-0.15, -0.1) is 11.8 Å². The van der Waals surface area contributed by atoms with Gasteiger partial charge in [0.05, 0.1) is 0 Å².